The molecule has 10 heteroatoms. The van der Waals surface area contributed by atoms with Gasteiger partial charge in [0.05, 0.1) is 11.1 Å². The number of halogens is 2. The number of alkyl halides is 2. The molecule has 1 amide bonds. The van der Waals surface area contributed by atoms with Crippen LogP contribution in [0.3, 0.4) is 0 Å². The van der Waals surface area contributed by atoms with E-state index in [0.29, 0.717) is 11.1 Å². The van der Waals surface area contributed by atoms with Crippen LogP contribution >= 0.6 is 0 Å². The first-order valence-corrected chi connectivity index (χ1v) is 9.24. The highest BCUT2D eigenvalue weighted by atomic mass is 19.3. The first-order chi connectivity index (χ1) is 14.0. The molecule has 1 aromatic carbocycles. The van der Waals surface area contributed by atoms with E-state index in [4.69, 9.17) is 0 Å². The quantitative estimate of drug-likeness (QED) is 0.687. The van der Waals surface area contributed by atoms with Crippen molar-refractivity contribution in [3.05, 3.63) is 62.3 Å². The third kappa shape index (κ3) is 4.27. The maximum absolute atomic E-state index is 13.7. The highest BCUT2D eigenvalue weighted by Crippen LogP contribution is 2.31. The highest BCUT2D eigenvalue weighted by Gasteiger charge is 2.26. The van der Waals surface area contributed by atoms with E-state index in [1.54, 1.807) is 0 Å². The van der Waals surface area contributed by atoms with Gasteiger partial charge in [0.25, 0.3) is 17.0 Å². The second-order valence-corrected chi connectivity index (χ2v) is 7.38. The Labute approximate surface area is 170 Å². The zero-order valence-corrected chi connectivity index (χ0v) is 16.9. The summed E-state index contributed by atoms with van der Waals surface area (Å²) in [5.74, 6) is -3.65. The molecule has 0 aliphatic heterocycles. The van der Waals surface area contributed by atoms with E-state index in [2.05, 4.69) is 15.5 Å². The molecular formula is C20H21F2N5O3. The van der Waals surface area contributed by atoms with Crippen LogP contribution in [0.5, 0.6) is 0 Å². The summed E-state index contributed by atoms with van der Waals surface area (Å²) >= 11 is 0. The molecule has 3 rings (SSSR count). The van der Waals surface area contributed by atoms with Crippen LogP contribution in [-0.2, 0) is 24.3 Å². The average Bonchev–Trinajstić information content (AvgIpc) is 2.65. The fourth-order valence-corrected chi connectivity index (χ4v) is 3.01. The lowest BCUT2D eigenvalue weighted by atomic mass is 9.99. The number of carbonyl (C=O) groups excluding carboxylic acids is 1. The molecule has 2 aromatic heterocycles. The van der Waals surface area contributed by atoms with Gasteiger partial charge in [0.2, 0.25) is 5.91 Å². The van der Waals surface area contributed by atoms with Gasteiger partial charge in [-0.15, -0.1) is 0 Å². The second kappa shape index (κ2) is 7.77. The summed E-state index contributed by atoms with van der Waals surface area (Å²) in [5.41, 5.74) is -0.680. The van der Waals surface area contributed by atoms with E-state index in [-0.39, 0.29) is 28.2 Å². The van der Waals surface area contributed by atoms with Crippen LogP contribution < -0.4 is 16.4 Å². The van der Waals surface area contributed by atoms with Gasteiger partial charge >= 0.3 is 0 Å². The van der Waals surface area contributed by atoms with E-state index < -0.39 is 23.9 Å². The van der Waals surface area contributed by atoms with Crippen molar-refractivity contribution in [3.63, 3.8) is 0 Å². The van der Waals surface area contributed by atoms with Crippen LogP contribution in [0.2, 0.25) is 0 Å². The number of benzene rings is 1. The Balaban J connectivity index is 2.00. The Morgan fingerprint density at radius 3 is 2.43 bits per heavy atom. The Morgan fingerprint density at radius 2 is 1.83 bits per heavy atom. The average molecular weight is 417 g/mol. The standard InChI is InChI=1S/C20H21F2N5O3/c1-11(2)18-14-9-12(20(3,21)22)5-6-13(14)19(30)27(25-18)10-16(28)23-15-7-8-17(29)26(4)24-15/h5-9,11H,10H2,1-4H3,(H,23,24,28). The molecule has 0 fully saturated rings. The predicted octanol–water partition coefficient (Wildman–Crippen LogP) is 2.36. The van der Waals surface area contributed by atoms with Crippen molar-refractivity contribution in [1.82, 2.24) is 19.6 Å². The summed E-state index contributed by atoms with van der Waals surface area (Å²) in [4.78, 5) is 36.6. The molecule has 0 saturated carbocycles. The largest absolute Gasteiger partial charge is 0.308 e. The number of anilines is 1. The summed E-state index contributed by atoms with van der Waals surface area (Å²) in [7, 11) is 1.44. The monoisotopic (exact) mass is 417 g/mol. The van der Waals surface area contributed by atoms with E-state index in [0.717, 1.165) is 16.3 Å². The van der Waals surface area contributed by atoms with Gasteiger partial charge in [0, 0.05) is 31.0 Å². The van der Waals surface area contributed by atoms with Gasteiger partial charge in [-0.25, -0.2) is 18.1 Å². The molecule has 8 nitrogen and oxygen atoms in total. The number of aryl methyl sites for hydroxylation is 1. The third-order valence-corrected chi connectivity index (χ3v) is 4.56. The Hall–Kier alpha value is -3.43. The Bertz CT molecular complexity index is 1240. The van der Waals surface area contributed by atoms with E-state index in [1.165, 1.54) is 37.4 Å². The number of rotatable bonds is 5. The van der Waals surface area contributed by atoms with Crippen LogP contribution in [-0.4, -0.2) is 25.5 Å². The van der Waals surface area contributed by atoms with Crippen LogP contribution in [0, 0.1) is 0 Å². The molecule has 0 atom stereocenters. The van der Waals surface area contributed by atoms with Crippen LogP contribution in [0.15, 0.2) is 39.9 Å². The van der Waals surface area contributed by atoms with Gasteiger partial charge in [-0.2, -0.15) is 10.2 Å². The van der Waals surface area contributed by atoms with Gasteiger partial charge in [0.15, 0.2) is 5.82 Å². The second-order valence-electron chi connectivity index (χ2n) is 7.38. The van der Waals surface area contributed by atoms with E-state index in [1.807, 2.05) is 13.8 Å². The molecule has 30 heavy (non-hydrogen) atoms. The number of nitrogens with one attached hydrogen (secondary N) is 1. The van der Waals surface area contributed by atoms with Crippen molar-refractivity contribution in [1.29, 1.82) is 0 Å². The normalized spacial score (nSPS) is 11.8. The molecule has 0 aliphatic carbocycles. The summed E-state index contributed by atoms with van der Waals surface area (Å²) in [6.07, 6.45) is 0. The van der Waals surface area contributed by atoms with Crippen molar-refractivity contribution < 1.29 is 13.6 Å². The number of aromatic nitrogens is 4. The lowest BCUT2D eigenvalue weighted by molar-refractivity contribution is -0.117. The molecule has 0 radical (unpaired) electrons. The van der Waals surface area contributed by atoms with Crippen molar-refractivity contribution in [2.45, 2.75) is 39.2 Å². The fraction of sp³-hybridized carbons (Fsp3) is 0.350. The Kier molecular flexibility index (Phi) is 5.51. The number of hydrogen-bond donors (Lipinski definition) is 1. The lowest BCUT2D eigenvalue weighted by Crippen LogP contribution is -2.31. The molecule has 3 aromatic rings. The number of carbonyl (C=O) groups is 1. The van der Waals surface area contributed by atoms with E-state index >= 15 is 0 Å². The van der Waals surface area contributed by atoms with Gasteiger partial charge < -0.3 is 5.32 Å². The number of nitrogens with zero attached hydrogens (tertiary/aromatic N) is 4. The molecular weight excluding hydrogens is 396 g/mol. The van der Waals surface area contributed by atoms with Gasteiger partial charge in [-0.3, -0.25) is 14.4 Å². The molecule has 2 heterocycles. The summed E-state index contributed by atoms with van der Waals surface area (Å²) in [6, 6.07) is 6.41. The smallest absolute Gasteiger partial charge is 0.275 e. The minimum absolute atomic E-state index is 0.148. The first-order valence-electron chi connectivity index (χ1n) is 9.24. The maximum atomic E-state index is 13.7. The summed E-state index contributed by atoms with van der Waals surface area (Å²) in [5, 5.41) is 11.2. The highest BCUT2D eigenvalue weighted by molar-refractivity contribution is 5.90. The van der Waals surface area contributed by atoms with Crippen LogP contribution in [0.4, 0.5) is 14.6 Å². The van der Waals surface area contributed by atoms with Crippen molar-refractivity contribution >= 4 is 22.5 Å². The van der Waals surface area contributed by atoms with E-state index in [9.17, 15) is 23.2 Å². The molecule has 0 aliphatic rings. The van der Waals surface area contributed by atoms with Crippen LogP contribution in [0.25, 0.3) is 10.8 Å². The van der Waals surface area contributed by atoms with Gasteiger partial charge in [0.1, 0.15) is 6.54 Å². The number of fused-ring (bicyclic) bond motifs is 1. The molecule has 1 N–H and O–H groups in total. The van der Waals surface area contributed by atoms with Crippen molar-refractivity contribution in [2.75, 3.05) is 5.32 Å². The minimum atomic E-state index is -3.06. The van der Waals surface area contributed by atoms with Crippen LogP contribution in [0.1, 0.15) is 37.9 Å². The summed E-state index contributed by atoms with van der Waals surface area (Å²) in [6.45, 7) is 4.03. The molecule has 0 saturated heterocycles. The number of amides is 1. The topological polar surface area (TPSA) is 98.9 Å². The molecule has 0 spiro atoms. The number of hydrogen-bond acceptors (Lipinski definition) is 5. The fourth-order valence-electron chi connectivity index (χ4n) is 3.01. The van der Waals surface area contributed by atoms with Crippen molar-refractivity contribution in [2.24, 2.45) is 7.05 Å². The summed E-state index contributed by atoms with van der Waals surface area (Å²) < 4.78 is 29.5. The first kappa shape index (κ1) is 21.3. The lowest BCUT2D eigenvalue weighted by Gasteiger charge is -2.16. The zero-order chi connectivity index (χ0) is 22.2. The minimum Gasteiger partial charge on any atom is -0.308 e. The molecule has 0 unspecified atom stereocenters. The molecule has 0 bridgehead atoms. The zero-order valence-electron chi connectivity index (χ0n) is 16.9. The van der Waals surface area contributed by atoms with Crippen molar-refractivity contribution in [3.8, 4) is 0 Å². The molecule has 158 valence electrons. The van der Waals surface area contributed by atoms with Gasteiger partial charge in [-0.05, 0) is 24.1 Å². The third-order valence-electron chi connectivity index (χ3n) is 4.56. The Morgan fingerprint density at radius 1 is 1.13 bits per heavy atom. The van der Waals surface area contributed by atoms with Gasteiger partial charge in [-0.1, -0.05) is 19.9 Å². The SMILES string of the molecule is CC(C)c1nn(CC(=O)Nc2ccc(=O)n(C)n2)c(=O)c2ccc(C(C)(F)F)cc12. The predicted molar refractivity (Wildman–Crippen MR) is 108 cm³/mol. The maximum Gasteiger partial charge on any atom is 0.275 e.